The van der Waals surface area contributed by atoms with Crippen LogP contribution in [0.15, 0.2) is 19.7 Å². The number of hydrogen-bond donors (Lipinski definition) is 0. The summed E-state index contributed by atoms with van der Waals surface area (Å²) in [5.41, 5.74) is 4.90. The normalized spacial score (nSPS) is 16.7. The molecule has 0 saturated carbocycles. The highest BCUT2D eigenvalue weighted by molar-refractivity contribution is 6.00. The Morgan fingerprint density at radius 3 is 2.48 bits per heavy atom. The van der Waals surface area contributed by atoms with Crippen molar-refractivity contribution in [1.29, 1.82) is 0 Å². The summed E-state index contributed by atoms with van der Waals surface area (Å²) in [6.45, 7) is 5.63. The molecule has 2 aliphatic rings. The van der Waals surface area contributed by atoms with Gasteiger partial charge in [0.1, 0.15) is 16.9 Å². The molecule has 3 heterocycles. The molecule has 1 aliphatic carbocycles. The van der Waals surface area contributed by atoms with Crippen LogP contribution in [0.5, 0.6) is 0 Å². The summed E-state index contributed by atoms with van der Waals surface area (Å²) >= 11 is 0. The lowest BCUT2D eigenvalue weighted by Crippen LogP contribution is -2.28. The molecular formula is C24H27NO4. The van der Waals surface area contributed by atoms with E-state index in [1.165, 1.54) is 12.0 Å². The van der Waals surface area contributed by atoms with Crippen LogP contribution in [-0.2, 0) is 24.1 Å². The predicted molar refractivity (Wildman–Crippen MR) is 113 cm³/mol. The first-order valence-corrected chi connectivity index (χ1v) is 10.8. The summed E-state index contributed by atoms with van der Waals surface area (Å²) in [7, 11) is 0. The van der Waals surface area contributed by atoms with Gasteiger partial charge in [-0.2, -0.15) is 0 Å². The van der Waals surface area contributed by atoms with Crippen LogP contribution >= 0.6 is 0 Å². The third kappa shape index (κ3) is 2.98. The third-order valence-corrected chi connectivity index (χ3v) is 6.77. The molecule has 1 aliphatic heterocycles. The van der Waals surface area contributed by atoms with Gasteiger partial charge in [0.25, 0.3) is 0 Å². The van der Waals surface area contributed by atoms with Gasteiger partial charge in [-0.05, 0) is 64.0 Å². The third-order valence-electron chi connectivity index (χ3n) is 6.77. The van der Waals surface area contributed by atoms with E-state index in [4.69, 9.17) is 8.83 Å². The van der Waals surface area contributed by atoms with Gasteiger partial charge in [0, 0.05) is 53.4 Å². The lowest BCUT2D eigenvalue weighted by atomic mass is 9.93. The van der Waals surface area contributed by atoms with Gasteiger partial charge in [0.05, 0.1) is 0 Å². The Morgan fingerprint density at radius 2 is 1.69 bits per heavy atom. The van der Waals surface area contributed by atoms with E-state index in [9.17, 15) is 9.59 Å². The number of benzene rings is 1. The van der Waals surface area contributed by atoms with Gasteiger partial charge in [-0.25, -0.2) is 4.79 Å². The van der Waals surface area contributed by atoms with Crippen LogP contribution in [0.4, 0.5) is 0 Å². The number of carbonyl (C=O) groups is 1. The SMILES string of the molecule is Cc1c(CCC(=O)N2CCCC2)c(=O)oc2c(C)c3oc4c(c3cc12)CCCC4. The molecule has 5 heteroatoms. The molecule has 5 rings (SSSR count). The summed E-state index contributed by atoms with van der Waals surface area (Å²) in [5.74, 6) is 1.22. The molecule has 5 nitrogen and oxygen atoms in total. The van der Waals surface area contributed by atoms with Crippen molar-refractivity contribution in [2.45, 2.75) is 65.2 Å². The average molecular weight is 393 g/mol. The van der Waals surface area contributed by atoms with E-state index >= 15 is 0 Å². The molecule has 1 fully saturated rings. The highest BCUT2D eigenvalue weighted by Crippen LogP contribution is 2.38. The summed E-state index contributed by atoms with van der Waals surface area (Å²) in [5, 5.41) is 2.12. The Kier molecular flexibility index (Phi) is 4.49. The van der Waals surface area contributed by atoms with Crippen LogP contribution in [0.3, 0.4) is 0 Å². The van der Waals surface area contributed by atoms with Gasteiger partial charge in [0.2, 0.25) is 5.91 Å². The van der Waals surface area contributed by atoms with E-state index in [2.05, 4.69) is 6.07 Å². The summed E-state index contributed by atoms with van der Waals surface area (Å²) in [6, 6.07) is 2.13. The number of fused-ring (bicyclic) bond motifs is 4. The van der Waals surface area contributed by atoms with Crippen LogP contribution in [0.2, 0.25) is 0 Å². The maximum atomic E-state index is 12.7. The van der Waals surface area contributed by atoms with Crippen LogP contribution in [-0.4, -0.2) is 23.9 Å². The van der Waals surface area contributed by atoms with Crippen LogP contribution in [0.1, 0.15) is 60.1 Å². The molecule has 2 aromatic heterocycles. The molecule has 0 spiro atoms. The molecule has 3 aromatic rings. The Bertz CT molecular complexity index is 1180. The zero-order chi connectivity index (χ0) is 20.1. The van der Waals surface area contributed by atoms with E-state index in [0.717, 1.165) is 78.4 Å². The molecular weight excluding hydrogens is 366 g/mol. The molecule has 0 bridgehead atoms. The molecule has 152 valence electrons. The molecule has 0 N–H and O–H groups in total. The minimum Gasteiger partial charge on any atom is -0.460 e. The Hall–Kier alpha value is -2.56. The summed E-state index contributed by atoms with van der Waals surface area (Å²) in [6.07, 6.45) is 7.31. The van der Waals surface area contributed by atoms with Crippen LogP contribution < -0.4 is 5.63 Å². The minimum absolute atomic E-state index is 0.136. The molecule has 1 saturated heterocycles. The highest BCUT2D eigenvalue weighted by Gasteiger charge is 2.23. The summed E-state index contributed by atoms with van der Waals surface area (Å²) in [4.78, 5) is 27.1. The van der Waals surface area contributed by atoms with Gasteiger partial charge in [-0.3, -0.25) is 4.79 Å². The number of aryl methyl sites for hydroxylation is 4. The van der Waals surface area contributed by atoms with Crippen molar-refractivity contribution in [2.75, 3.05) is 13.1 Å². The van der Waals surface area contributed by atoms with E-state index in [1.54, 1.807) is 0 Å². The molecule has 0 atom stereocenters. The topological polar surface area (TPSA) is 63.7 Å². The second-order valence-electron chi connectivity index (χ2n) is 8.55. The van der Waals surface area contributed by atoms with E-state index in [-0.39, 0.29) is 11.5 Å². The Labute approximate surface area is 169 Å². The standard InChI is InChI=1S/C24H27NO4/c1-14-16(9-10-21(26)25-11-5-6-12-25)24(27)29-22-15(2)23-19(13-18(14)22)17-7-3-4-8-20(17)28-23/h13H,3-12H2,1-2H3. The van der Waals surface area contributed by atoms with Gasteiger partial charge >= 0.3 is 5.63 Å². The number of rotatable bonds is 3. The number of hydrogen-bond acceptors (Lipinski definition) is 4. The average Bonchev–Trinajstić information content (AvgIpc) is 3.37. The number of nitrogens with zero attached hydrogens (tertiary/aromatic N) is 1. The number of amides is 1. The van der Waals surface area contributed by atoms with Crippen molar-refractivity contribution in [3.63, 3.8) is 0 Å². The Balaban J connectivity index is 1.58. The van der Waals surface area contributed by atoms with Crippen LogP contribution in [0, 0.1) is 13.8 Å². The second-order valence-corrected chi connectivity index (χ2v) is 8.55. The molecule has 29 heavy (non-hydrogen) atoms. The highest BCUT2D eigenvalue weighted by atomic mass is 16.4. The zero-order valence-electron chi connectivity index (χ0n) is 17.2. The van der Waals surface area contributed by atoms with Crippen molar-refractivity contribution < 1.29 is 13.6 Å². The van der Waals surface area contributed by atoms with Gasteiger partial charge in [0.15, 0.2) is 0 Å². The first-order chi connectivity index (χ1) is 14.0. The fourth-order valence-electron chi connectivity index (χ4n) is 5.06. The smallest absolute Gasteiger partial charge is 0.339 e. The van der Waals surface area contributed by atoms with Gasteiger partial charge in [-0.1, -0.05) is 0 Å². The first kappa shape index (κ1) is 18.5. The maximum Gasteiger partial charge on any atom is 0.339 e. The molecule has 1 aromatic carbocycles. The second kappa shape index (κ2) is 7.05. The van der Waals surface area contributed by atoms with Crippen molar-refractivity contribution in [2.24, 2.45) is 0 Å². The van der Waals surface area contributed by atoms with E-state index in [0.29, 0.717) is 24.0 Å². The van der Waals surface area contributed by atoms with Crippen molar-refractivity contribution >= 4 is 27.8 Å². The molecule has 0 radical (unpaired) electrons. The fraction of sp³-hybridized carbons (Fsp3) is 0.500. The van der Waals surface area contributed by atoms with Crippen molar-refractivity contribution in [1.82, 2.24) is 4.90 Å². The van der Waals surface area contributed by atoms with Crippen LogP contribution in [0.25, 0.3) is 21.9 Å². The van der Waals surface area contributed by atoms with Crippen molar-refractivity contribution in [3.8, 4) is 0 Å². The fourth-order valence-corrected chi connectivity index (χ4v) is 5.06. The van der Waals surface area contributed by atoms with E-state index < -0.39 is 0 Å². The molecule has 0 unspecified atom stereocenters. The number of carbonyl (C=O) groups excluding carboxylic acids is 1. The Morgan fingerprint density at radius 1 is 0.966 bits per heavy atom. The minimum atomic E-state index is -0.331. The van der Waals surface area contributed by atoms with Gasteiger partial charge in [-0.15, -0.1) is 0 Å². The zero-order valence-corrected chi connectivity index (χ0v) is 17.2. The lowest BCUT2D eigenvalue weighted by molar-refractivity contribution is -0.130. The number of furan rings is 1. The first-order valence-electron chi connectivity index (χ1n) is 10.8. The lowest BCUT2D eigenvalue weighted by Gasteiger charge is -2.15. The monoisotopic (exact) mass is 393 g/mol. The maximum absolute atomic E-state index is 12.7. The predicted octanol–water partition coefficient (Wildman–Crippen LogP) is 4.59. The van der Waals surface area contributed by atoms with Gasteiger partial charge < -0.3 is 13.7 Å². The quantitative estimate of drug-likeness (QED) is 0.611. The summed E-state index contributed by atoms with van der Waals surface area (Å²) < 4.78 is 11.9. The largest absolute Gasteiger partial charge is 0.460 e. The molecule has 1 amide bonds. The van der Waals surface area contributed by atoms with Crippen molar-refractivity contribution in [3.05, 3.63) is 44.5 Å². The van der Waals surface area contributed by atoms with E-state index in [1.807, 2.05) is 18.7 Å². The number of likely N-dealkylation sites (tertiary alicyclic amines) is 1.